The predicted octanol–water partition coefficient (Wildman–Crippen LogP) is 2.25. The molecular formula is C16H20N4O. The monoisotopic (exact) mass is 284 g/mol. The van der Waals surface area contributed by atoms with E-state index in [9.17, 15) is 4.79 Å². The van der Waals surface area contributed by atoms with Crippen LogP contribution in [0.25, 0.3) is 0 Å². The second-order valence-corrected chi connectivity index (χ2v) is 4.79. The zero-order chi connectivity index (χ0) is 15.1. The van der Waals surface area contributed by atoms with Crippen molar-refractivity contribution in [1.29, 1.82) is 0 Å². The summed E-state index contributed by atoms with van der Waals surface area (Å²) >= 11 is 0. The van der Waals surface area contributed by atoms with E-state index >= 15 is 0 Å². The number of likely N-dealkylation sites (N-methyl/N-ethyl adjacent to an activating group) is 1. The first kappa shape index (κ1) is 15.0. The fourth-order valence-electron chi connectivity index (χ4n) is 2.01. The molecule has 21 heavy (non-hydrogen) atoms. The Morgan fingerprint density at radius 3 is 2.67 bits per heavy atom. The molecule has 5 heteroatoms. The normalized spacial score (nSPS) is 10.2. The maximum Gasteiger partial charge on any atom is 0.242 e. The van der Waals surface area contributed by atoms with Crippen LogP contribution < -0.4 is 5.32 Å². The Balaban J connectivity index is 1.91. The summed E-state index contributed by atoms with van der Waals surface area (Å²) in [5, 5.41) is 3.02. The Morgan fingerprint density at radius 1 is 1.24 bits per heavy atom. The van der Waals surface area contributed by atoms with Crippen molar-refractivity contribution in [3.8, 4) is 0 Å². The molecule has 1 aromatic heterocycles. The first-order chi connectivity index (χ1) is 10.2. The molecule has 110 valence electrons. The van der Waals surface area contributed by atoms with Crippen LogP contribution in [-0.2, 0) is 11.3 Å². The number of nitrogens with zero attached hydrogens (tertiary/aromatic N) is 3. The van der Waals surface area contributed by atoms with Gasteiger partial charge in [-0.2, -0.15) is 0 Å². The predicted molar refractivity (Wildman–Crippen MR) is 82.8 cm³/mol. The molecule has 0 fully saturated rings. The number of aryl methyl sites for hydroxylation is 1. The highest BCUT2D eigenvalue weighted by Crippen LogP contribution is 2.06. The maximum atomic E-state index is 12.3. The molecule has 0 unspecified atom stereocenters. The van der Waals surface area contributed by atoms with Gasteiger partial charge in [0.15, 0.2) is 0 Å². The number of nitrogens with one attached hydrogen (secondary N) is 1. The molecule has 1 aromatic carbocycles. The molecule has 0 aliphatic rings. The van der Waals surface area contributed by atoms with E-state index in [4.69, 9.17) is 0 Å². The zero-order valence-electron chi connectivity index (χ0n) is 12.4. The average molecular weight is 284 g/mol. The highest BCUT2D eigenvalue weighted by Gasteiger charge is 2.12. The number of hydrogen-bond acceptors (Lipinski definition) is 4. The average Bonchev–Trinajstić information content (AvgIpc) is 2.51. The van der Waals surface area contributed by atoms with Gasteiger partial charge >= 0.3 is 0 Å². The van der Waals surface area contributed by atoms with E-state index in [0.29, 0.717) is 18.9 Å². The highest BCUT2D eigenvalue weighted by atomic mass is 16.2. The van der Waals surface area contributed by atoms with Gasteiger partial charge in [0.25, 0.3) is 0 Å². The van der Waals surface area contributed by atoms with Crippen LogP contribution >= 0.6 is 0 Å². The first-order valence-electron chi connectivity index (χ1n) is 7.03. The smallest absolute Gasteiger partial charge is 0.242 e. The molecular weight excluding hydrogens is 264 g/mol. The van der Waals surface area contributed by atoms with Crippen molar-refractivity contribution in [2.24, 2.45) is 0 Å². The van der Waals surface area contributed by atoms with E-state index in [1.165, 1.54) is 0 Å². The molecule has 0 atom stereocenters. The second-order valence-electron chi connectivity index (χ2n) is 4.79. The maximum absolute atomic E-state index is 12.3. The molecule has 1 N–H and O–H groups in total. The van der Waals surface area contributed by atoms with Crippen LogP contribution in [0.4, 0.5) is 5.82 Å². The summed E-state index contributed by atoms with van der Waals surface area (Å²) in [6.45, 7) is 5.37. The molecule has 2 aromatic rings. The van der Waals surface area contributed by atoms with Gasteiger partial charge in [-0.15, -0.1) is 0 Å². The first-order valence-corrected chi connectivity index (χ1v) is 7.03. The lowest BCUT2D eigenvalue weighted by Gasteiger charge is -2.21. The summed E-state index contributed by atoms with van der Waals surface area (Å²) in [4.78, 5) is 22.4. The topological polar surface area (TPSA) is 58.1 Å². The van der Waals surface area contributed by atoms with Crippen LogP contribution in [0.5, 0.6) is 0 Å². The molecule has 2 rings (SSSR count). The van der Waals surface area contributed by atoms with Gasteiger partial charge in [-0.25, -0.2) is 4.98 Å². The third-order valence-corrected chi connectivity index (χ3v) is 3.13. The van der Waals surface area contributed by atoms with Crippen LogP contribution in [0.2, 0.25) is 0 Å². The number of rotatable bonds is 6. The SMILES string of the molecule is CCN(Cc1ccccc1)C(=O)CNc1cncc(C)n1. The highest BCUT2D eigenvalue weighted by molar-refractivity contribution is 5.80. The molecule has 5 nitrogen and oxygen atoms in total. The van der Waals surface area contributed by atoms with Crippen molar-refractivity contribution in [1.82, 2.24) is 14.9 Å². The number of benzene rings is 1. The lowest BCUT2D eigenvalue weighted by molar-refractivity contribution is -0.129. The number of amides is 1. The van der Waals surface area contributed by atoms with Crippen molar-refractivity contribution in [2.75, 3.05) is 18.4 Å². The van der Waals surface area contributed by atoms with Gasteiger partial charge in [-0.05, 0) is 19.4 Å². The van der Waals surface area contributed by atoms with Gasteiger partial charge in [0.2, 0.25) is 5.91 Å². The van der Waals surface area contributed by atoms with Gasteiger partial charge in [0.05, 0.1) is 18.4 Å². The van der Waals surface area contributed by atoms with Gasteiger partial charge in [-0.3, -0.25) is 9.78 Å². The van der Waals surface area contributed by atoms with Crippen molar-refractivity contribution in [2.45, 2.75) is 20.4 Å². The quantitative estimate of drug-likeness (QED) is 0.884. The Hall–Kier alpha value is -2.43. The number of carbonyl (C=O) groups excluding carboxylic acids is 1. The second kappa shape index (κ2) is 7.38. The minimum absolute atomic E-state index is 0.0460. The third kappa shape index (κ3) is 4.56. The van der Waals surface area contributed by atoms with Crippen LogP contribution in [0.1, 0.15) is 18.2 Å². The minimum Gasteiger partial charge on any atom is -0.360 e. The fourth-order valence-corrected chi connectivity index (χ4v) is 2.01. The van der Waals surface area contributed by atoms with E-state index in [0.717, 1.165) is 11.3 Å². The van der Waals surface area contributed by atoms with E-state index < -0.39 is 0 Å². The molecule has 1 heterocycles. The largest absolute Gasteiger partial charge is 0.360 e. The summed E-state index contributed by atoms with van der Waals surface area (Å²) in [6, 6.07) is 9.98. The molecule has 0 spiro atoms. The Kier molecular flexibility index (Phi) is 5.26. The summed E-state index contributed by atoms with van der Waals surface area (Å²) in [7, 11) is 0. The lowest BCUT2D eigenvalue weighted by atomic mass is 10.2. The van der Waals surface area contributed by atoms with E-state index in [-0.39, 0.29) is 12.5 Å². The molecule has 0 saturated carbocycles. The molecule has 0 bridgehead atoms. The molecule has 0 saturated heterocycles. The van der Waals surface area contributed by atoms with Gasteiger partial charge in [-0.1, -0.05) is 30.3 Å². The summed E-state index contributed by atoms with van der Waals surface area (Å²) < 4.78 is 0. The van der Waals surface area contributed by atoms with Gasteiger partial charge in [0, 0.05) is 19.3 Å². The van der Waals surface area contributed by atoms with Gasteiger partial charge < -0.3 is 10.2 Å². The molecule has 0 radical (unpaired) electrons. The zero-order valence-corrected chi connectivity index (χ0v) is 12.4. The van der Waals surface area contributed by atoms with Crippen molar-refractivity contribution < 1.29 is 4.79 Å². The van der Waals surface area contributed by atoms with Crippen LogP contribution in [0.15, 0.2) is 42.7 Å². The summed E-state index contributed by atoms with van der Waals surface area (Å²) in [5.41, 5.74) is 1.95. The van der Waals surface area contributed by atoms with Crippen LogP contribution in [0, 0.1) is 6.92 Å². The van der Waals surface area contributed by atoms with E-state index in [1.54, 1.807) is 12.4 Å². The van der Waals surface area contributed by atoms with Gasteiger partial charge in [0.1, 0.15) is 5.82 Å². The fraction of sp³-hybridized carbons (Fsp3) is 0.312. The molecule has 0 aliphatic heterocycles. The molecule has 1 amide bonds. The Morgan fingerprint density at radius 2 is 2.00 bits per heavy atom. The van der Waals surface area contributed by atoms with Crippen molar-refractivity contribution >= 4 is 11.7 Å². The van der Waals surface area contributed by atoms with Crippen molar-refractivity contribution in [3.63, 3.8) is 0 Å². The number of anilines is 1. The summed E-state index contributed by atoms with van der Waals surface area (Å²) in [6.07, 6.45) is 3.30. The molecule has 0 aliphatic carbocycles. The Labute approximate surface area is 125 Å². The lowest BCUT2D eigenvalue weighted by Crippen LogP contribution is -2.35. The number of hydrogen-bond donors (Lipinski definition) is 1. The standard InChI is InChI=1S/C16H20N4O/c1-3-20(12-14-7-5-4-6-8-14)16(21)11-18-15-10-17-9-13(2)19-15/h4-10H,3,11-12H2,1-2H3,(H,18,19). The van der Waals surface area contributed by atoms with E-state index in [1.807, 2.05) is 49.1 Å². The van der Waals surface area contributed by atoms with Crippen LogP contribution in [0.3, 0.4) is 0 Å². The minimum atomic E-state index is 0.0460. The van der Waals surface area contributed by atoms with Crippen molar-refractivity contribution in [3.05, 3.63) is 54.0 Å². The number of aromatic nitrogens is 2. The third-order valence-electron chi connectivity index (χ3n) is 3.13. The summed E-state index contributed by atoms with van der Waals surface area (Å²) in [5.74, 6) is 0.670. The Bertz CT molecular complexity index is 586. The number of carbonyl (C=O) groups is 1. The van der Waals surface area contributed by atoms with Crippen LogP contribution in [-0.4, -0.2) is 33.9 Å². The van der Waals surface area contributed by atoms with E-state index in [2.05, 4.69) is 15.3 Å².